The number of carbonyl (C=O) groups excluding carboxylic acids is 1. The van der Waals surface area contributed by atoms with Gasteiger partial charge in [-0.3, -0.25) is 4.79 Å². The third kappa shape index (κ3) is 4.70. The van der Waals surface area contributed by atoms with E-state index in [-0.39, 0.29) is 18.9 Å². The van der Waals surface area contributed by atoms with Crippen molar-refractivity contribution in [3.05, 3.63) is 72.3 Å². The molecule has 0 spiro atoms. The molecule has 1 amide bonds. The molecule has 0 aliphatic carbocycles. The van der Waals surface area contributed by atoms with Gasteiger partial charge in [0.05, 0.1) is 19.6 Å². The van der Waals surface area contributed by atoms with Gasteiger partial charge in [-0.25, -0.2) is 4.98 Å². The molecule has 128 valence electrons. The zero-order chi connectivity index (χ0) is 17.5. The van der Waals surface area contributed by atoms with E-state index in [0.29, 0.717) is 12.5 Å². The molecule has 0 atom stereocenters. The number of carbonyl (C=O) groups is 1. The number of aryl methyl sites for hydroxylation is 1. The van der Waals surface area contributed by atoms with E-state index >= 15 is 0 Å². The number of ether oxygens (including phenoxy) is 1. The first kappa shape index (κ1) is 16.8. The first-order valence-corrected chi connectivity index (χ1v) is 8.18. The normalized spacial score (nSPS) is 10.4. The Kier molecular flexibility index (Phi) is 5.46. The minimum atomic E-state index is -0.104. The van der Waals surface area contributed by atoms with Gasteiger partial charge in [0.2, 0.25) is 11.8 Å². The molecular formula is C20H20N2O3. The van der Waals surface area contributed by atoms with Crippen molar-refractivity contribution in [1.29, 1.82) is 0 Å². The maximum atomic E-state index is 11.9. The van der Waals surface area contributed by atoms with E-state index in [0.717, 1.165) is 22.8 Å². The Hall–Kier alpha value is -3.08. The van der Waals surface area contributed by atoms with E-state index in [9.17, 15) is 4.79 Å². The fourth-order valence-corrected chi connectivity index (χ4v) is 2.43. The molecule has 0 aliphatic heterocycles. The number of hydrogen-bond donors (Lipinski definition) is 1. The van der Waals surface area contributed by atoms with Crippen molar-refractivity contribution >= 4 is 5.91 Å². The summed E-state index contributed by atoms with van der Waals surface area (Å²) in [6.07, 6.45) is 0.278. The Balaban J connectivity index is 1.48. The second-order valence-electron chi connectivity index (χ2n) is 5.57. The maximum absolute atomic E-state index is 11.9. The molecule has 0 aliphatic rings. The van der Waals surface area contributed by atoms with E-state index in [2.05, 4.69) is 10.3 Å². The highest BCUT2D eigenvalue weighted by molar-refractivity contribution is 5.75. The lowest BCUT2D eigenvalue weighted by Gasteiger charge is -2.05. The third-order valence-electron chi connectivity index (χ3n) is 3.67. The number of rotatable bonds is 7. The molecule has 0 unspecified atom stereocenters. The van der Waals surface area contributed by atoms with Crippen LogP contribution in [0, 0.1) is 6.92 Å². The van der Waals surface area contributed by atoms with Crippen LogP contribution in [0.2, 0.25) is 0 Å². The van der Waals surface area contributed by atoms with Gasteiger partial charge in [-0.05, 0) is 19.1 Å². The molecule has 1 heterocycles. The van der Waals surface area contributed by atoms with Gasteiger partial charge in [-0.1, -0.05) is 48.5 Å². The van der Waals surface area contributed by atoms with Crippen molar-refractivity contribution in [2.24, 2.45) is 0 Å². The second-order valence-corrected chi connectivity index (χ2v) is 5.57. The van der Waals surface area contributed by atoms with Gasteiger partial charge in [0, 0.05) is 5.56 Å². The number of para-hydroxylation sites is 1. The third-order valence-corrected chi connectivity index (χ3v) is 3.67. The zero-order valence-corrected chi connectivity index (χ0v) is 14.1. The highest BCUT2D eigenvalue weighted by Crippen LogP contribution is 2.22. The minimum absolute atomic E-state index is 0.104. The van der Waals surface area contributed by atoms with Gasteiger partial charge in [0.1, 0.15) is 17.2 Å². The van der Waals surface area contributed by atoms with Crippen LogP contribution in [0.15, 0.2) is 65.1 Å². The molecule has 0 saturated carbocycles. The average Bonchev–Trinajstić information content (AvgIpc) is 3.02. The summed E-state index contributed by atoms with van der Waals surface area (Å²) in [6.45, 7) is 2.46. The molecule has 0 saturated heterocycles. The predicted octanol–water partition coefficient (Wildman–Crippen LogP) is 3.74. The van der Waals surface area contributed by atoms with Crippen molar-refractivity contribution in [3.63, 3.8) is 0 Å². The maximum Gasteiger partial charge on any atom is 0.223 e. The van der Waals surface area contributed by atoms with Crippen LogP contribution in [0.1, 0.15) is 18.1 Å². The van der Waals surface area contributed by atoms with E-state index in [1.54, 1.807) is 0 Å². The number of oxazole rings is 1. The first-order chi connectivity index (χ1) is 12.2. The highest BCUT2D eigenvalue weighted by atomic mass is 16.5. The molecule has 1 N–H and O–H groups in total. The summed E-state index contributed by atoms with van der Waals surface area (Å²) < 4.78 is 11.1. The first-order valence-electron chi connectivity index (χ1n) is 8.18. The van der Waals surface area contributed by atoms with E-state index in [1.807, 2.05) is 67.6 Å². The molecule has 3 rings (SSSR count). The lowest BCUT2D eigenvalue weighted by atomic mass is 10.1. The van der Waals surface area contributed by atoms with Crippen LogP contribution < -0.4 is 10.1 Å². The number of nitrogens with zero attached hydrogens (tertiary/aromatic N) is 1. The molecule has 5 nitrogen and oxygen atoms in total. The summed E-state index contributed by atoms with van der Waals surface area (Å²) in [5.41, 5.74) is 1.80. The van der Waals surface area contributed by atoms with Crippen molar-refractivity contribution < 1.29 is 13.9 Å². The fourth-order valence-electron chi connectivity index (χ4n) is 2.43. The van der Waals surface area contributed by atoms with Gasteiger partial charge in [-0.15, -0.1) is 0 Å². The van der Waals surface area contributed by atoms with Gasteiger partial charge in [-0.2, -0.15) is 0 Å². The van der Waals surface area contributed by atoms with Gasteiger partial charge >= 0.3 is 0 Å². The lowest BCUT2D eigenvalue weighted by Crippen LogP contribution is -2.24. The number of amides is 1. The number of nitrogens with one attached hydrogen (secondary N) is 1. The fraction of sp³-hybridized carbons (Fsp3) is 0.200. The predicted molar refractivity (Wildman–Crippen MR) is 95.1 cm³/mol. The summed E-state index contributed by atoms with van der Waals surface area (Å²) in [7, 11) is 0. The van der Waals surface area contributed by atoms with Gasteiger partial charge in [0.25, 0.3) is 0 Å². The quantitative estimate of drug-likeness (QED) is 0.714. The van der Waals surface area contributed by atoms with E-state index < -0.39 is 0 Å². The molecule has 5 heteroatoms. The van der Waals surface area contributed by atoms with Crippen LogP contribution in [-0.4, -0.2) is 17.5 Å². The Bertz CT molecular complexity index is 813. The summed E-state index contributed by atoms with van der Waals surface area (Å²) in [6, 6.07) is 19.3. The van der Waals surface area contributed by atoms with Crippen LogP contribution in [0.5, 0.6) is 5.75 Å². The van der Waals surface area contributed by atoms with Crippen LogP contribution in [0.3, 0.4) is 0 Å². The number of benzene rings is 2. The molecular weight excluding hydrogens is 316 g/mol. The topological polar surface area (TPSA) is 64.4 Å². The van der Waals surface area contributed by atoms with E-state index in [1.165, 1.54) is 0 Å². The van der Waals surface area contributed by atoms with Crippen LogP contribution >= 0.6 is 0 Å². The zero-order valence-electron chi connectivity index (χ0n) is 14.1. The molecule has 3 aromatic rings. The average molecular weight is 336 g/mol. The number of hydrogen-bond acceptors (Lipinski definition) is 4. The molecule has 1 aromatic heterocycles. The summed E-state index contributed by atoms with van der Waals surface area (Å²) >= 11 is 0. The Morgan fingerprint density at radius 3 is 2.48 bits per heavy atom. The highest BCUT2D eigenvalue weighted by Gasteiger charge is 2.12. The molecule has 2 aromatic carbocycles. The Morgan fingerprint density at radius 1 is 1.08 bits per heavy atom. The Morgan fingerprint density at radius 2 is 1.76 bits per heavy atom. The minimum Gasteiger partial charge on any atom is -0.493 e. The van der Waals surface area contributed by atoms with Crippen LogP contribution in [0.25, 0.3) is 11.3 Å². The molecule has 0 radical (unpaired) electrons. The summed E-state index contributed by atoms with van der Waals surface area (Å²) in [5, 5.41) is 2.80. The van der Waals surface area contributed by atoms with Crippen molar-refractivity contribution in [3.8, 4) is 17.0 Å². The van der Waals surface area contributed by atoms with Crippen molar-refractivity contribution in [2.75, 3.05) is 6.61 Å². The molecule has 0 bridgehead atoms. The standard InChI is InChI=1S/C20H20N2O3/c1-15-20(16-8-4-2-5-9-16)22-19(25-15)14-21-18(23)12-13-24-17-10-6-3-7-11-17/h2-11H,12-14H2,1H3,(H,21,23). The van der Waals surface area contributed by atoms with Crippen molar-refractivity contribution in [1.82, 2.24) is 10.3 Å². The van der Waals surface area contributed by atoms with Crippen LogP contribution in [0.4, 0.5) is 0 Å². The SMILES string of the molecule is Cc1oc(CNC(=O)CCOc2ccccc2)nc1-c1ccccc1. The Labute approximate surface area is 146 Å². The largest absolute Gasteiger partial charge is 0.493 e. The molecule has 0 fully saturated rings. The molecule has 25 heavy (non-hydrogen) atoms. The number of aromatic nitrogens is 1. The van der Waals surface area contributed by atoms with E-state index in [4.69, 9.17) is 9.15 Å². The summed E-state index contributed by atoms with van der Waals surface area (Å²) in [5.74, 6) is 1.88. The van der Waals surface area contributed by atoms with Crippen LogP contribution in [-0.2, 0) is 11.3 Å². The smallest absolute Gasteiger partial charge is 0.223 e. The summed E-state index contributed by atoms with van der Waals surface area (Å²) in [4.78, 5) is 16.4. The second kappa shape index (κ2) is 8.15. The lowest BCUT2D eigenvalue weighted by molar-refractivity contribution is -0.121. The van der Waals surface area contributed by atoms with Gasteiger partial charge < -0.3 is 14.5 Å². The van der Waals surface area contributed by atoms with Crippen molar-refractivity contribution in [2.45, 2.75) is 19.9 Å². The monoisotopic (exact) mass is 336 g/mol. The van der Waals surface area contributed by atoms with Gasteiger partial charge in [0.15, 0.2) is 0 Å².